The molecule has 0 spiro atoms. The molecule has 9 heteroatoms. The minimum absolute atomic E-state index is 0.0784. The molecule has 1 aromatic heterocycles. The summed E-state index contributed by atoms with van der Waals surface area (Å²) in [6.45, 7) is 7.04. The van der Waals surface area contributed by atoms with Gasteiger partial charge in [0.2, 0.25) is 5.91 Å². The van der Waals surface area contributed by atoms with Crippen LogP contribution in [0.5, 0.6) is 0 Å². The van der Waals surface area contributed by atoms with Crippen molar-refractivity contribution < 1.29 is 13.2 Å². The van der Waals surface area contributed by atoms with Crippen molar-refractivity contribution in [3.8, 4) is 5.69 Å². The number of benzene rings is 1. The van der Waals surface area contributed by atoms with Crippen LogP contribution in [0, 0.1) is 13.8 Å². The first-order valence-corrected chi connectivity index (χ1v) is 12.1. The Labute approximate surface area is 177 Å². The average molecular weight is 439 g/mol. The van der Waals surface area contributed by atoms with E-state index in [2.05, 4.69) is 10.00 Å². The Balaban J connectivity index is 1.62. The number of hydrogen-bond acceptors (Lipinski definition) is 5. The van der Waals surface area contributed by atoms with Crippen molar-refractivity contribution in [2.75, 3.05) is 44.7 Å². The highest BCUT2D eigenvalue weighted by Gasteiger charge is 2.24. The number of carbonyl (C=O) groups is 1. The van der Waals surface area contributed by atoms with Gasteiger partial charge in [0.05, 0.1) is 23.6 Å². The van der Waals surface area contributed by atoms with Gasteiger partial charge in [0.15, 0.2) is 0 Å². The third-order valence-corrected chi connectivity index (χ3v) is 6.52. The lowest BCUT2D eigenvalue weighted by Gasteiger charge is -2.34. The molecule has 1 aromatic carbocycles. The molecule has 1 amide bonds. The number of sulfone groups is 1. The quantitative estimate of drug-likeness (QED) is 0.688. The zero-order valence-corrected chi connectivity index (χ0v) is 18.6. The predicted octanol–water partition coefficient (Wildman–Crippen LogP) is 1.87. The molecule has 0 unspecified atom stereocenters. The molecule has 3 rings (SSSR count). The standard InChI is InChI=1S/C20H27ClN4O3S/c1-15-19(16(2)25(22-15)18-6-4-17(21)5-7-18)14-20(26)24-10-8-23(9-11-24)12-13-29(3,27)28/h4-7H,8-14H2,1-3H3. The summed E-state index contributed by atoms with van der Waals surface area (Å²) in [6.07, 6.45) is 1.57. The molecule has 0 atom stereocenters. The number of aromatic nitrogens is 2. The largest absolute Gasteiger partial charge is 0.340 e. The summed E-state index contributed by atoms with van der Waals surface area (Å²) in [5.41, 5.74) is 3.65. The molecule has 0 radical (unpaired) electrons. The van der Waals surface area contributed by atoms with Crippen LogP contribution in [0.4, 0.5) is 0 Å². The summed E-state index contributed by atoms with van der Waals surface area (Å²) < 4.78 is 24.5. The number of carbonyl (C=O) groups excluding carboxylic acids is 1. The van der Waals surface area contributed by atoms with E-state index in [1.807, 2.05) is 47.7 Å². The van der Waals surface area contributed by atoms with E-state index in [0.29, 0.717) is 44.2 Å². The van der Waals surface area contributed by atoms with Gasteiger partial charge in [-0.25, -0.2) is 13.1 Å². The molecule has 29 heavy (non-hydrogen) atoms. The Morgan fingerprint density at radius 2 is 1.72 bits per heavy atom. The number of halogens is 1. The fourth-order valence-electron chi connectivity index (χ4n) is 3.54. The molecule has 1 aliphatic heterocycles. The Bertz CT molecular complexity index is 978. The van der Waals surface area contributed by atoms with Crippen LogP contribution in [0.15, 0.2) is 24.3 Å². The zero-order valence-electron chi connectivity index (χ0n) is 17.1. The van der Waals surface area contributed by atoms with Crippen LogP contribution in [0.3, 0.4) is 0 Å². The highest BCUT2D eigenvalue weighted by molar-refractivity contribution is 7.90. The van der Waals surface area contributed by atoms with Crippen LogP contribution in [0.25, 0.3) is 5.69 Å². The normalized spacial score (nSPS) is 15.7. The first kappa shape index (κ1) is 21.8. The van der Waals surface area contributed by atoms with Gasteiger partial charge in [-0.2, -0.15) is 5.10 Å². The lowest BCUT2D eigenvalue weighted by Crippen LogP contribution is -2.50. The molecule has 0 N–H and O–H groups in total. The van der Waals surface area contributed by atoms with Crippen molar-refractivity contribution in [3.63, 3.8) is 0 Å². The van der Waals surface area contributed by atoms with Crippen molar-refractivity contribution in [2.24, 2.45) is 0 Å². The molecule has 1 saturated heterocycles. The third kappa shape index (κ3) is 5.58. The van der Waals surface area contributed by atoms with Gasteiger partial charge in [-0.3, -0.25) is 9.69 Å². The summed E-state index contributed by atoms with van der Waals surface area (Å²) >= 11 is 5.97. The highest BCUT2D eigenvalue weighted by Crippen LogP contribution is 2.21. The summed E-state index contributed by atoms with van der Waals surface area (Å²) in [4.78, 5) is 16.8. The van der Waals surface area contributed by atoms with Gasteiger partial charge in [0.1, 0.15) is 9.84 Å². The number of hydrogen-bond donors (Lipinski definition) is 0. The van der Waals surface area contributed by atoms with Crippen molar-refractivity contribution in [1.29, 1.82) is 0 Å². The van der Waals surface area contributed by atoms with Crippen LogP contribution in [-0.4, -0.2) is 78.6 Å². The van der Waals surface area contributed by atoms with Crippen LogP contribution in [0.2, 0.25) is 5.02 Å². The molecule has 0 aliphatic carbocycles. The van der Waals surface area contributed by atoms with E-state index in [9.17, 15) is 13.2 Å². The van der Waals surface area contributed by atoms with E-state index >= 15 is 0 Å². The Hall–Kier alpha value is -1.90. The van der Waals surface area contributed by atoms with Crippen molar-refractivity contribution in [1.82, 2.24) is 19.6 Å². The number of rotatable bonds is 6. The van der Waals surface area contributed by atoms with Gasteiger partial charge in [-0.15, -0.1) is 0 Å². The molecule has 0 saturated carbocycles. The lowest BCUT2D eigenvalue weighted by atomic mass is 10.1. The molecule has 158 valence electrons. The number of piperazine rings is 1. The summed E-state index contributed by atoms with van der Waals surface area (Å²) in [5.74, 6) is 0.234. The molecule has 2 aromatic rings. The van der Waals surface area contributed by atoms with E-state index < -0.39 is 9.84 Å². The molecular weight excluding hydrogens is 412 g/mol. The monoisotopic (exact) mass is 438 g/mol. The summed E-state index contributed by atoms with van der Waals surface area (Å²) in [5, 5.41) is 5.27. The lowest BCUT2D eigenvalue weighted by molar-refractivity contribution is -0.132. The Kier molecular flexibility index (Phi) is 6.65. The van der Waals surface area contributed by atoms with Gasteiger partial charge in [-0.1, -0.05) is 11.6 Å². The fraction of sp³-hybridized carbons (Fsp3) is 0.500. The van der Waals surface area contributed by atoms with Gasteiger partial charge in [0.25, 0.3) is 0 Å². The van der Waals surface area contributed by atoms with Crippen molar-refractivity contribution in [2.45, 2.75) is 20.3 Å². The van der Waals surface area contributed by atoms with E-state index in [-0.39, 0.29) is 11.7 Å². The summed E-state index contributed by atoms with van der Waals surface area (Å²) in [7, 11) is -2.97. The van der Waals surface area contributed by atoms with E-state index in [4.69, 9.17) is 11.6 Å². The maximum atomic E-state index is 12.8. The fourth-order valence-corrected chi connectivity index (χ4v) is 4.26. The molecule has 7 nitrogen and oxygen atoms in total. The van der Waals surface area contributed by atoms with E-state index in [0.717, 1.165) is 22.6 Å². The molecule has 2 heterocycles. The first-order chi connectivity index (χ1) is 13.6. The van der Waals surface area contributed by atoms with Gasteiger partial charge in [-0.05, 0) is 38.1 Å². The average Bonchev–Trinajstić information content (AvgIpc) is 2.95. The maximum Gasteiger partial charge on any atom is 0.227 e. The maximum absolute atomic E-state index is 12.8. The Morgan fingerprint density at radius 3 is 2.31 bits per heavy atom. The minimum Gasteiger partial charge on any atom is -0.340 e. The third-order valence-electron chi connectivity index (χ3n) is 5.34. The molecule has 1 aliphatic rings. The Morgan fingerprint density at radius 1 is 1.10 bits per heavy atom. The smallest absolute Gasteiger partial charge is 0.227 e. The van der Waals surface area contributed by atoms with E-state index in [1.54, 1.807) is 0 Å². The number of aryl methyl sites for hydroxylation is 1. The van der Waals surface area contributed by atoms with Crippen molar-refractivity contribution in [3.05, 3.63) is 46.2 Å². The second-order valence-electron chi connectivity index (χ2n) is 7.57. The topological polar surface area (TPSA) is 75.5 Å². The molecular formula is C20H27ClN4O3S. The van der Waals surface area contributed by atoms with Crippen LogP contribution < -0.4 is 0 Å². The van der Waals surface area contributed by atoms with Crippen LogP contribution in [0.1, 0.15) is 17.0 Å². The SMILES string of the molecule is Cc1nn(-c2ccc(Cl)cc2)c(C)c1CC(=O)N1CCN(CCS(C)(=O)=O)CC1. The zero-order chi connectivity index (χ0) is 21.2. The van der Waals surface area contributed by atoms with E-state index in [1.165, 1.54) is 6.26 Å². The predicted molar refractivity (Wildman–Crippen MR) is 114 cm³/mol. The number of amides is 1. The van der Waals surface area contributed by atoms with Gasteiger partial charge >= 0.3 is 0 Å². The minimum atomic E-state index is -2.97. The second-order valence-corrected chi connectivity index (χ2v) is 10.3. The second kappa shape index (κ2) is 8.85. The van der Waals surface area contributed by atoms with Crippen LogP contribution >= 0.6 is 11.6 Å². The van der Waals surface area contributed by atoms with Gasteiger partial charge in [0, 0.05) is 55.3 Å². The number of nitrogens with zero attached hydrogens (tertiary/aromatic N) is 4. The van der Waals surface area contributed by atoms with Gasteiger partial charge < -0.3 is 4.90 Å². The molecule has 0 bridgehead atoms. The highest BCUT2D eigenvalue weighted by atomic mass is 35.5. The van der Waals surface area contributed by atoms with Crippen LogP contribution in [-0.2, 0) is 21.1 Å². The summed E-state index contributed by atoms with van der Waals surface area (Å²) in [6, 6.07) is 7.45. The first-order valence-electron chi connectivity index (χ1n) is 9.63. The molecule has 1 fully saturated rings. The van der Waals surface area contributed by atoms with Crippen molar-refractivity contribution >= 4 is 27.3 Å².